The lowest BCUT2D eigenvalue weighted by Gasteiger charge is -2.05. The predicted octanol–water partition coefficient (Wildman–Crippen LogP) is 4.69. The maximum absolute atomic E-state index is 13.6. The summed E-state index contributed by atoms with van der Waals surface area (Å²) in [4.78, 5) is 27.4. The van der Waals surface area contributed by atoms with Crippen molar-refractivity contribution in [1.29, 1.82) is 0 Å². The van der Waals surface area contributed by atoms with Crippen molar-refractivity contribution in [3.63, 3.8) is 0 Å². The Bertz CT molecular complexity index is 1000. The Balaban J connectivity index is 1.90. The molecule has 3 aromatic rings. The minimum atomic E-state index is -1.11. The number of aromatic nitrogens is 1. The lowest BCUT2D eigenvalue weighted by Crippen LogP contribution is -2.13. The normalized spacial score (nSPS) is 10.6. The molecule has 0 aliphatic carbocycles. The number of thiophene rings is 1. The van der Waals surface area contributed by atoms with Gasteiger partial charge in [-0.2, -0.15) is 0 Å². The molecule has 0 aliphatic heterocycles. The summed E-state index contributed by atoms with van der Waals surface area (Å²) >= 11 is 7.11. The molecule has 9 heteroatoms. The van der Waals surface area contributed by atoms with Crippen LogP contribution in [0.3, 0.4) is 0 Å². The molecule has 0 atom stereocenters. The number of halogens is 3. The van der Waals surface area contributed by atoms with Gasteiger partial charge in [0, 0.05) is 15.5 Å². The van der Waals surface area contributed by atoms with Gasteiger partial charge < -0.3 is 10.4 Å². The van der Waals surface area contributed by atoms with Crippen molar-refractivity contribution in [2.24, 2.45) is 0 Å². The first-order valence-corrected chi connectivity index (χ1v) is 8.29. The molecule has 0 saturated heterocycles. The fourth-order valence-electron chi connectivity index (χ4n) is 2.16. The Labute approximate surface area is 154 Å². The molecule has 2 aromatic heterocycles. The van der Waals surface area contributed by atoms with E-state index in [4.69, 9.17) is 16.7 Å². The van der Waals surface area contributed by atoms with Crippen LogP contribution in [0, 0.1) is 11.6 Å². The summed E-state index contributed by atoms with van der Waals surface area (Å²) in [5, 5.41) is 11.5. The van der Waals surface area contributed by atoms with Crippen LogP contribution in [0.25, 0.3) is 10.4 Å². The van der Waals surface area contributed by atoms with Gasteiger partial charge in [0.25, 0.3) is 5.91 Å². The van der Waals surface area contributed by atoms with Crippen LogP contribution in [0.5, 0.6) is 0 Å². The molecule has 132 valence electrons. The number of carbonyl (C=O) groups excluding carboxylic acids is 1. The number of carbonyl (C=O) groups is 2. The van der Waals surface area contributed by atoms with Crippen molar-refractivity contribution in [1.82, 2.24) is 4.98 Å². The molecule has 3 rings (SSSR count). The molecule has 0 unspecified atom stereocenters. The van der Waals surface area contributed by atoms with Gasteiger partial charge in [-0.05, 0) is 30.3 Å². The zero-order valence-corrected chi connectivity index (χ0v) is 14.4. The smallest absolute Gasteiger partial charge is 0.335 e. The van der Waals surface area contributed by atoms with Crippen LogP contribution in [-0.4, -0.2) is 22.0 Å². The van der Waals surface area contributed by atoms with Gasteiger partial charge in [-0.15, -0.1) is 11.3 Å². The van der Waals surface area contributed by atoms with Crippen molar-refractivity contribution >= 4 is 40.5 Å². The number of aromatic carboxylic acids is 1. The minimum absolute atomic E-state index is 0.0460. The highest BCUT2D eigenvalue weighted by Crippen LogP contribution is 2.34. The predicted molar refractivity (Wildman–Crippen MR) is 93.8 cm³/mol. The van der Waals surface area contributed by atoms with E-state index in [1.54, 1.807) is 6.07 Å². The van der Waals surface area contributed by atoms with E-state index in [0.717, 1.165) is 23.7 Å². The lowest BCUT2D eigenvalue weighted by atomic mass is 10.1. The molecule has 0 fully saturated rings. The highest BCUT2D eigenvalue weighted by atomic mass is 35.5. The summed E-state index contributed by atoms with van der Waals surface area (Å²) in [6, 6.07) is 7.23. The first-order valence-electron chi connectivity index (χ1n) is 7.10. The summed E-state index contributed by atoms with van der Waals surface area (Å²) in [6.45, 7) is 0. The Kier molecular flexibility index (Phi) is 4.97. The van der Waals surface area contributed by atoms with Crippen molar-refractivity contribution < 1.29 is 23.5 Å². The first kappa shape index (κ1) is 18.0. The average Bonchev–Trinajstić information content (AvgIpc) is 3.08. The number of hydrogen-bond acceptors (Lipinski definition) is 4. The standard InChI is InChI=1S/C17H9ClF2N2O3S/c18-10-2-1-8(17(24)25)5-9(10)13-3-4-14(26-13)16(23)22-15-11(19)6-21-7-12(15)20/h1-7H,(H,24,25)(H,21,22,23). The third-order valence-corrected chi connectivity index (χ3v) is 4.85. The number of anilines is 1. The van der Waals surface area contributed by atoms with Crippen molar-refractivity contribution in [3.05, 3.63) is 69.8 Å². The van der Waals surface area contributed by atoms with E-state index in [1.807, 2.05) is 0 Å². The SMILES string of the molecule is O=C(O)c1ccc(Cl)c(-c2ccc(C(=O)Nc3c(F)cncc3F)s2)c1. The van der Waals surface area contributed by atoms with E-state index in [1.165, 1.54) is 24.3 Å². The molecule has 0 spiro atoms. The maximum Gasteiger partial charge on any atom is 0.335 e. The molecule has 0 aliphatic rings. The highest BCUT2D eigenvalue weighted by molar-refractivity contribution is 7.17. The quantitative estimate of drug-likeness (QED) is 0.672. The maximum atomic E-state index is 13.6. The van der Waals surface area contributed by atoms with Crippen molar-refractivity contribution in [2.75, 3.05) is 5.32 Å². The zero-order chi connectivity index (χ0) is 18.8. The second-order valence-electron chi connectivity index (χ2n) is 5.10. The van der Waals surface area contributed by atoms with Gasteiger partial charge in [-0.1, -0.05) is 11.6 Å². The molecule has 0 radical (unpaired) electrons. The third kappa shape index (κ3) is 3.56. The van der Waals surface area contributed by atoms with Crippen molar-refractivity contribution in [3.8, 4) is 10.4 Å². The molecule has 1 amide bonds. The number of nitrogens with zero attached hydrogens (tertiary/aromatic N) is 1. The molecule has 5 nitrogen and oxygen atoms in total. The van der Waals surface area contributed by atoms with Crippen molar-refractivity contribution in [2.45, 2.75) is 0 Å². The molecule has 0 saturated carbocycles. The third-order valence-electron chi connectivity index (χ3n) is 3.40. The fourth-order valence-corrected chi connectivity index (χ4v) is 3.36. The Morgan fingerprint density at radius 3 is 2.46 bits per heavy atom. The van der Waals surface area contributed by atoms with Crippen LogP contribution in [0.4, 0.5) is 14.5 Å². The molecule has 2 heterocycles. The average molecular weight is 395 g/mol. The molecular formula is C17H9ClF2N2O3S. The van der Waals surface area contributed by atoms with Crippen LogP contribution in [0.15, 0.2) is 42.7 Å². The molecule has 2 N–H and O–H groups in total. The van der Waals surface area contributed by atoms with Gasteiger partial charge in [0.15, 0.2) is 11.6 Å². The number of nitrogens with one attached hydrogen (secondary N) is 1. The van der Waals surface area contributed by atoms with Crippen LogP contribution in [0.2, 0.25) is 5.02 Å². The van der Waals surface area contributed by atoms with Gasteiger partial charge in [0.1, 0.15) is 5.69 Å². The molecular weight excluding hydrogens is 386 g/mol. The highest BCUT2D eigenvalue weighted by Gasteiger charge is 2.17. The van der Waals surface area contributed by atoms with Crippen LogP contribution in [-0.2, 0) is 0 Å². The molecule has 0 bridgehead atoms. The molecule has 1 aromatic carbocycles. The Hall–Kier alpha value is -2.84. The number of carboxylic acid groups (broad SMARTS) is 1. The van der Waals surface area contributed by atoms with Crippen LogP contribution in [0.1, 0.15) is 20.0 Å². The summed E-state index contributed by atoms with van der Waals surface area (Å²) < 4.78 is 27.2. The second kappa shape index (κ2) is 7.19. The van der Waals surface area contributed by atoms with Crippen LogP contribution < -0.4 is 5.32 Å². The van der Waals surface area contributed by atoms with E-state index in [2.05, 4.69) is 10.3 Å². The van der Waals surface area contributed by atoms with E-state index in [-0.39, 0.29) is 10.4 Å². The topological polar surface area (TPSA) is 79.3 Å². The summed E-state index contributed by atoms with van der Waals surface area (Å²) in [7, 11) is 0. The molecule has 26 heavy (non-hydrogen) atoms. The van der Waals surface area contributed by atoms with E-state index >= 15 is 0 Å². The number of benzene rings is 1. The largest absolute Gasteiger partial charge is 0.478 e. The Morgan fingerprint density at radius 2 is 1.81 bits per heavy atom. The second-order valence-corrected chi connectivity index (χ2v) is 6.59. The first-order chi connectivity index (χ1) is 12.4. The zero-order valence-electron chi connectivity index (χ0n) is 12.8. The monoisotopic (exact) mass is 394 g/mol. The van der Waals surface area contributed by atoms with Crippen LogP contribution >= 0.6 is 22.9 Å². The number of amides is 1. The lowest BCUT2D eigenvalue weighted by molar-refractivity contribution is 0.0696. The summed E-state index contributed by atoms with van der Waals surface area (Å²) in [5.74, 6) is -3.81. The Morgan fingerprint density at radius 1 is 1.12 bits per heavy atom. The van der Waals surface area contributed by atoms with Gasteiger partial charge in [0.05, 0.1) is 22.8 Å². The van der Waals surface area contributed by atoms with E-state index in [9.17, 15) is 18.4 Å². The van der Waals surface area contributed by atoms with Gasteiger partial charge in [0.2, 0.25) is 0 Å². The number of carboxylic acids is 1. The number of rotatable bonds is 4. The minimum Gasteiger partial charge on any atom is -0.478 e. The van der Waals surface area contributed by atoms with Gasteiger partial charge in [-0.25, -0.2) is 13.6 Å². The summed E-state index contributed by atoms with van der Waals surface area (Å²) in [6.07, 6.45) is 1.57. The number of pyridine rings is 1. The van der Waals surface area contributed by atoms with E-state index < -0.39 is 29.2 Å². The van der Waals surface area contributed by atoms with E-state index in [0.29, 0.717) is 15.5 Å². The number of hydrogen-bond donors (Lipinski definition) is 2. The van der Waals surface area contributed by atoms with Gasteiger partial charge >= 0.3 is 5.97 Å². The summed E-state index contributed by atoms with van der Waals surface area (Å²) in [5.41, 5.74) is -0.104. The van der Waals surface area contributed by atoms with Gasteiger partial charge in [-0.3, -0.25) is 9.78 Å². The fraction of sp³-hybridized carbons (Fsp3) is 0.